The number of aryl methyl sites for hydroxylation is 1. The molecule has 6 heteroatoms. The molecule has 3 aliphatic rings. The van der Waals surface area contributed by atoms with Gasteiger partial charge in [-0.25, -0.2) is 0 Å². The molecule has 43 heavy (non-hydrogen) atoms. The van der Waals surface area contributed by atoms with E-state index in [-0.39, 0.29) is 47.4 Å². The second-order valence-corrected chi connectivity index (χ2v) is 12.8. The highest BCUT2D eigenvalue weighted by Gasteiger charge is 2.37. The van der Waals surface area contributed by atoms with E-state index in [0.717, 1.165) is 62.0 Å². The fourth-order valence-corrected chi connectivity index (χ4v) is 6.69. The van der Waals surface area contributed by atoms with Gasteiger partial charge in [0, 0.05) is 48.1 Å². The fraction of sp³-hybridized carbons (Fsp3) is 0.432. The Balaban J connectivity index is 0.00000368. The first-order chi connectivity index (χ1) is 20.4. The van der Waals surface area contributed by atoms with Crippen LogP contribution in [0.3, 0.4) is 0 Å². The summed E-state index contributed by atoms with van der Waals surface area (Å²) in [5.41, 5.74) is 15.3. The molecule has 0 saturated carbocycles. The predicted octanol–water partition coefficient (Wildman–Crippen LogP) is 8.01. The van der Waals surface area contributed by atoms with Crippen LogP contribution in [0.2, 0.25) is 0 Å². The van der Waals surface area contributed by atoms with Gasteiger partial charge in [-0.3, -0.25) is 4.79 Å². The third kappa shape index (κ3) is 7.52. The first-order valence-corrected chi connectivity index (χ1v) is 15.9. The largest absolute Gasteiger partial charge is 0.377 e. The molecule has 3 aromatic rings. The van der Waals surface area contributed by atoms with Crippen molar-refractivity contribution in [3.05, 3.63) is 89.0 Å². The average molecular weight is 692 g/mol. The highest BCUT2D eigenvalue weighted by atomic mass is 127. The molecule has 0 bridgehead atoms. The summed E-state index contributed by atoms with van der Waals surface area (Å²) in [6.07, 6.45) is 10.6. The molecule has 0 radical (unpaired) electrons. The summed E-state index contributed by atoms with van der Waals surface area (Å²) >= 11 is 0. The zero-order valence-corrected chi connectivity index (χ0v) is 27.9. The topological polar surface area (TPSA) is 67.6 Å². The Morgan fingerprint density at radius 1 is 0.953 bits per heavy atom. The first kappa shape index (κ1) is 31.7. The van der Waals surface area contributed by atoms with Crippen molar-refractivity contribution in [3.8, 4) is 11.1 Å². The third-order valence-electron chi connectivity index (χ3n) is 9.80. The van der Waals surface area contributed by atoms with Crippen molar-refractivity contribution in [1.82, 2.24) is 0 Å². The van der Waals surface area contributed by atoms with Gasteiger partial charge in [-0.1, -0.05) is 43.3 Å². The molecule has 3 N–H and O–H groups in total. The van der Waals surface area contributed by atoms with E-state index in [0.29, 0.717) is 6.61 Å². The lowest BCUT2D eigenvalue weighted by Gasteiger charge is -2.42. The molecule has 228 valence electrons. The molecule has 5 nitrogen and oxygen atoms in total. The van der Waals surface area contributed by atoms with E-state index in [1.165, 1.54) is 47.2 Å². The van der Waals surface area contributed by atoms with Crippen LogP contribution < -0.4 is 16.0 Å². The maximum atomic E-state index is 13.4. The number of hydrogen-bond donors (Lipinski definition) is 2. The van der Waals surface area contributed by atoms with E-state index in [9.17, 15) is 4.79 Å². The molecule has 2 heterocycles. The molecule has 3 unspecified atom stereocenters. The van der Waals surface area contributed by atoms with Crippen LogP contribution in [-0.4, -0.2) is 37.2 Å². The zero-order chi connectivity index (χ0) is 29.1. The molecule has 3 atom stereocenters. The number of hydrogen-bond acceptors (Lipinski definition) is 4. The van der Waals surface area contributed by atoms with E-state index < -0.39 is 0 Å². The van der Waals surface area contributed by atoms with Crippen LogP contribution in [-0.2, 0) is 22.4 Å². The highest BCUT2D eigenvalue weighted by Crippen LogP contribution is 2.32. The molecular weight excluding hydrogens is 645 g/mol. The second-order valence-electron chi connectivity index (χ2n) is 12.8. The summed E-state index contributed by atoms with van der Waals surface area (Å²) in [6, 6.07) is 23.9. The van der Waals surface area contributed by atoms with E-state index >= 15 is 0 Å². The number of fused-ring (bicyclic) bond motifs is 1. The SMILES string of the molecule is CC1C(Cc2ccc(NC(=O)C3=Cc4cc(-c5ccc(N6CCCCC6)cc5)ccc4CCC3)cc2)OCCC1(C)N.I. The van der Waals surface area contributed by atoms with Gasteiger partial charge in [-0.15, -0.1) is 24.0 Å². The van der Waals surface area contributed by atoms with Crippen LogP contribution in [0.25, 0.3) is 17.2 Å². The number of amides is 1. The predicted molar refractivity (Wildman–Crippen MR) is 189 cm³/mol. The minimum Gasteiger partial charge on any atom is -0.377 e. The zero-order valence-electron chi connectivity index (χ0n) is 25.6. The van der Waals surface area contributed by atoms with Crippen LogP contribution in [0.15, 0.2) is 72.3 Å². The third-order valence-corrected chi connectivity index (χ3v) is 9.80. The minimum atomic E-state index is -0.194. The lowest BCUT2D eigenvalue weighted by molar-refractivity contribution is -0.112. The van der Waals surface area contributed by atoms with Crippen LogP contribution in [0.4, 0.5) is 11.4 Å². The van der Waals surface area contributed by atoms with Crippen LogP contribution in [0.1, 0.15) is 69.1 Å². The molecule has 6 rings (SSSR count). The molecule has 0 spiro atoms. The van der Waals surface area contributed by atoms with Gasteiger partial charge in [0.1, 0.15) is 0 Å². The second kappa shape index (κ2) is 14.0. The number of nitrogens with zero attached hydrogens (tertiary/aromatic N) is 1. The van der Waals surface area contributed by atoms with Gasteiger partial charge < -0.3 is 20.7 Å². The van der Waals surface area contributed by atoms with Crippen LogP contribution in [0.5, 0.6) is 0 Å². The quantitative estimate of drug-likeness (QED) is 0.257. The number of benzene rings is 3. The molecule has 0 aromatic heterocycles. The monoisotopic (exact) mass is 691 g/mol. The summed E-state index contributed by atoms with van der Waals surface area (Å²) < 4.78 is 6.05. The van der Waals surface area contributed by atoms with E-state index in [1.807, 2.05) is 12.1 Å². The van der Waals surface area contributed by atoms with Gasteiger partial charge in [0.2, 0.25) is 0 Å². The lowest BCUT2D eigenvalue weighted by Crippen LogP contribution is -2.53. The number of nitrogens with two attached hydrogens (primary N) is 1. The molecular formula is C37H46IN3O2. The van der Waals surface area contributed by atoms with E-state index in [4.69, 9.17) is 10.5 Å². The summed E-state index contributed by atoms with van der Waals surface area (Å²) in [5, 5.41) is 3.14. The lowest BCUT2D eigenvalue weighted by atomic mass is 9.78. The summed E-state index contributed by atoms with van der Waals surface area (Å²) in [5.74, 6) is 0.269. The van der Waals surface area contributed by atoms with Crippen LogP contribution >= 0.6 is 24.0 Å². The summed E-state index contributed by atoms with van der Waals surface area (Å²) in [6.45, 7) is 7.33. The van der Waals surface area contributed by atoms with Crippen molar-refractivity contribution in [2.75, 3.05) is 29.9 Å². The first-order valence-electron chi connectivity index (χ1n) is 15.9. The number of carbonyl (C=O) groups is 1. The molecule has 1 aliphatic carbocycles. The Morgan fingerprint density at radius 3 is 2.42 bits per heavy atom. The molecule has 2 aliphatic heterocycles. The number of rotatable bonds is 6. The molecule has 3 aromatic carbocycles. The number of halogens is 1. The number of ether oxygens (including phenoxy) is 1. The normalized spacial score (nSPS) is 23.8. The van der Waals surface area contributed by atoms with Gasteiger partial charge >= 0.3 is 0 Å². The van der Waals surface area contributed by atoms with Crippen molar-refractivity contribution in [3.63, 3.8) is 0 Å². The Bertz CT molecular complexity index is 1430. The highest BCUT2D eigenvalue weighted by molar-refractivity contribution is 14.0. The van der Waals surface area contributed by atoms with Gasteiger partial charge in [-0.2, -0.15) is 0 Å². The standard InChI is InChI=1S/C37H45N3O2.HI/c1-26-35(42-22-19-37(26,2)38)23-27-9-15-33(16-10-27)39-36(41)31-8-6-7-28-11-12-30(24-32(28)25-31)29-13-17-34(18-14-29)40-20-4-3-5-21-40;/h9-18,24-26,35H,3-8,19-23,38H2,1-2H3,(H,39,41);1H. The van der Waals surface area contributed by atoms with Crippen LogP contribution in [0, 0.1) is 5.92 Å². The average Bonchev–Trinajstić information content (AvgIpc) is 3.23. The fourth-order valence-electron chi connectivity index (χ4n) is 6.69. The number of carbonyl (C=O) groups excluding carboxylic acids is 1. The smallest absolute Gasteiger partial charge is 0.251 e. The summed E-state index contributed by atoms with van der Waals surface area (Å²) in [7, 11) is 0. The Morgan fingerprint density at radius 2 is 1.67 bits per heavy atom. The number of anilines is 2. The van der Waals surface area contributed by atoms with Gasteiger partial charge in [0.25, 0.3) is 5.91 Å². The van der Waals surface area contributed by atoms with Crippen molar-refractivity contribution in [2.24, 2.45) is 11.7 Å². The summed E-state index contributed by atoms with van der Waals surface area (Å²) in [4.78, 5) is 15.9. The Hall–Kier alpha value is -2.68. The van der Waals surface area contributed by atoms with Crippen molar-refractivity contribution < 1.29 is 9.53 Å². The van der Waals surface area contributed by atoms with Crippen molar-refractivity contribution in [2.45, 2.75) is 76.9 Å². The Labute approximate surface area is 274 Å². The van der Waals surface area contributed by atoms with E-state index in [1.54, 1.807) is 0 Å². The number of nitrogens with one attached hydrogen (secondary N) is 1. The number of piperidine rings is 1. The van der Waals surface area contributed by atoms with Gasteiger partial charge in [0.15, 0.2) is 0 Å². The Kier molecular flexibility index (Phi) is 10.3. The van der Waals surface area contributed by atoms with Crippen molar-refractivity contribution in [1.29, 1.82) is 0 Å². The van der Waals surface area contributed by atoms with E-state index in [2.05, 4.69) is 84.7 Å². The molecule has 2 saturated heterocycles. The van der Waals surface area contributed by atoms with Crippen molar-refractivity contribution >= 4 is 47.3 Å². The maximum Gasteiger partial charge on any atom is 0.251 e. The molecule has 2 fully saturated rings. The maximum absolute atomic E-state index is 13.4. The minimum absolute atomic E-state index is 0. The van der Waals surface area contributed by atoms with Gasteiger partial charge in [0.05, 0.1) is 6.10 Å². The molecule has 1 amide bonds. The van der Waals surface area contributed by atoms with Gasteiger partial charge in [-0.05, 0) is 123 Å².